The average Bonchev–Trinajstić information content (AvgIpc) is 3.33. The number of nitrogens with zero attached hydrogens (tertiary/aromatic N) is 2. The topological polar surface area (TPSA) is 8.81 Å². The molecule has 39 heavy (non-hydrogen) atoms. The molecular weight excluding hydrogens is 472 g/mol. The average molecular weight is 546 g/mol. The Morgan fingerprint density at radius 2 is 0.795 bits per heavy atom. The van der Waals surface area contributed by atoms with E-state index in [0.717, 1.165) is 0 Å². The lowest BCUT2D eigenvalue weighted by molar-refractivity contribution is -0.704. The number of aryl methyl sites for hydroxylation is 2. The van der Waals surface area contributed by atoms with E-state index in [1.165, 1.54) is 199 Å². The van der Waals surface area contributed by atoms with E-state index in [2.05, 4.69) is 42.3 Å². The molecule has 0 aliphatic rings. The second-order valence-corrected chi connectivity index (χ2v) is 12.7. The van der Waals surface area contributed by atoms with Gasteiger partial charge in [-0.25, -0.2) is 9.13 Å². The molecule has 230 valence electrons. The molecule has 0 aliphatic heterocycles. The van der Waals surface area contributed by atoms with Crippen molar-refractivity contribution >= 4 is 0 Å². The first kappa shape index (κ1) is 36.2. The zero-order chi connectivity index (χ0) is 28.1. The molecule has 0 spiro atoms. The van der Waals surface area contributed by atoms with Gasteiger partial charge in [0.25, 0.3) is 5.82 Å². The number of unbranched alkanes of at least 4 members (excludes halogenated alkanes) is 25. The highest BCUT2D eigenvalue weighted by Gasteiger charge is 2.16. The van der Waals surface area contributed by atoms with Crippen molar-refractivity contribution in [3.05, 3.63) is 18.2 Å². The van der Waals surface area contributed by atoms with Crippen molar-refractivity contribution < 1.29 is 4.57 Å². The van der Waals surface area contributed by atoms with E-state index in [1.807, 2.05) is 0 Å². The van der Waals surface area contributed by atoms with E-state index in [1.54, 1.807) is 5.82 Å². The summed E-state index contributed by atoms with van der Waals surface area (Å²) in [6.07, 6.45) is 45.9. The highest BCUT2D eigenvalue weighted by Crippen LogP contribution is 2.15. The van der Waals surface area contributed by atoms with Crippen LogP contribution in [0, 0.1) is 0 Å². The highest BCUT2D eigenvalue weighted by molar-refractivity contribution is 4.84. The molecule has 2 heteroatoms. The number of rotatable bonds is 31. The molecule has 2 nitrogen and oxygen atoms in total. The third-order valence-electron chi connectivity index (χ3n) is 8.85. The summed E-state index contributed by atoms with van der Waals surface area (Å²) >= 11 is 0. The minimum absolute atomic E-state index is 1.22. The third-order valence-corrected chi connectivity index (χ3v) is 8.85. The van der Waals surface area contributed by atoms with Crippen LogP contribution < -0.4 is 4.57 Å². The number of imidazole rings is 1. The Hall–Kier alpha value is -0.790. The normalized spacial score (nSPS) is 11.6. The van der Waals surface area contributed by atoms with Crippen LogP contribution in [0.15, 0.2) is 12.4 Å². The molecule has 0 N–H and O–H groups in total. The van der Waals surface area contributed by atoms with Crippen LogP contribution in [0.3, 0.4) is 0 Å². The van der Waals surface area contributed by atoms with Gasteiger partial charge < -0.3 is 0 Å². The number of aromatic nitrogens is 2. The van der Waals surface area contributed by atoms with Gasteiger partial charge in [0.15, 0.2) is 0 Å². The Bertz CT molecular complexity index is 605. The van der Waals surface area contributed by atoms with Gasteiger partial charge >= 0.3 is 0 Å². The van der Waals surface area contributed by atoms with E-state index >= 15 is 0 Å². The maximum absolute atomic E-state index is 2.62. The molecule has 0 saturated heterocycles. The van der Waals surface area contributed by atoms with Crippen LogP contribution in [0.25, 0.3) is 0 Å². The zero-order valence-electron chi connectivity index (χ0n) is 27.5. The molecule has 0 fully saturated rings. The van der Waals surface area contributed by atoms with Gasteiger partial charge in [0.2, 0.25) is 0 Å². The summed E-state index contributed by atoms with van der Waals surface area (Å²) in [5, 5.41) is 0. The molecule has 0 atom stereocenters. The Kier molecular flexibility index (Phi) is 26.7. The summed E-state index contributed by atoms with van der Waals surface area (Å²) in [7, 11) is 0. The summed E-state index contributed by atoms with van der Waals surface area (Å²) in [5.41, 5.74) is 0. The van der Waals surface area contributed by atoms with Crippen molar-refractivity contribution in [1.29, 1.82) is 0 Å². The van der Waals surface area contributed by atoms with Crippen LogP contribution in [-0.4, -0.2) is 4.57 Å². The van der Waals surface area contributed by atoms with Gasteiger partial charge in [0.1, 0.15) is 12.4 Å². The van der Waals surface area contributed by atoms with Crippen molar-refractivity contribution in [3.8, 4) is 0 Å². The lowest BCUT2D eigenvalue weighted by atomic mass is 10.0. The fraction of sp³-hybridized carbons (Fsp3) is 0.919. The Morgan fingerprint density at radius 3 is 1.23 bits per heavy atom. The Morgan fingerprint density at radius 1 is 0.436 bits per heavy atom. The van der Waals surface area contributed by atoms with E-state index in [9.17, 15) is 0 Å². The first-order valence-corrected chi connectivity index (χ1v) is 18.4. The van der Waals surface area contributed by atoms with E-state index in [-0.39, 0.29) is 0 Å². The van der Waals surface area contributed by atoms with Crippen LogP contribution in [0.1, 0.15) is 206 Å². The highest BCUT2D eigenvalue weighted by atomic mass is 15.1. The standard InChI is InChI=1S/C37H73N2/c1-4-7-10-13-15-17-19-20-21-22-24-26-29-32-37-38(33-30-27-12-9-6-3)35-36-39(37)34-31-28-25-23-18-16-14-11-8-5-2/h35-36H,4-34H2,1-3H3/q+1. The maximum atomic E-state index is 2.62. The summed E-state index contributed by atoms with van der Waals surface area (Å²) in [6, 6.07) is 0. The molecule has 1 heterocycles. The molecule has 1 aromatic rings. The van der Waals surface area contributed by atoms with Crippen LogP contribution in [-0.2, 0) is 19.5 Å². The summed E-state index contributed by atoms with van der Waals surface area (Å²) in [6.45, 7) is 9.39. The maximum Gasteiger partial charge on any atom is 0.256 e. The Balaban J connectivity index is 2.25. The van der Waals surface area contributed by atoms with Gasteiger partial charge in [0.05, 0.1) is 13.1 Å². The molecule has 0 radical (unpaired) electrons. The van der Waals surface area contributed by atoms with Gasteiger partial charge in [-0.15, -0.1) is 0 Å². The van der Waals surface area contributed by atoms with Gasteiger partial charge in [-0.2, -0.15) is 0 Å². The molecule has 0 amide bonds. The zero-order valence-corrected chi connectivity index (χ0v) is 27.5. The fourth-order valence-corrected chi connectivity index (χ4v) is 6.15. The van der Waals surface area contributed by atoms with E-state index < -0.39 is 0 Å². The molecule has 0 unspecified atom stereocenters. The molecule has 0 aliphatic carbocycles. The first-order chi connectivity index (χ1) is 19.3. The SMILES string of the molecule is CCCCCCCCCCCCCCCc1n(CCCCCCC)cc[n+]1CCCCCCCCCCCC. The van der Waals surface area contributed by atoms with Crippen LogP contribution in [0.2, 0.25) is 0 Å². The van der Waals surface area contributed by atoms with E-state index in [4.69, 9.17) is 0 Å². The minimum Gasteiger partial charge on any atom is -0.234 e. The second-order valence-electron chi connectivity index (χ2n) is 12.7. The predicted molar refractivity (Wildman–Crippen MR) is 175 cm³/mol. The molecule has 0 bridgehead atoms. The lowest BCUT2D eigenvalue weighted by Crippen LogP contribution is -2.37. The predicted octanol–water partition coefficient (Wildman–Crippen LogP) is 12.3. The molecule has 1 aromatic heterocycles. The van der Waals surface area contributed by atoms with Gasteiger partial charge in [-0.1, -0.05) is 168 Å². The van der Waals surface area contributed by atoms with Crippen molar-refractivity contribution in [2.75, 3.05) is 0 Å². The number of hydrogen-bond donors (Lipinski definition) is 0. The molecular formula is C37H73N2+. The monoisotopic (exact) mass is 546 g/mol. The smallest absolute Gasteiger partial charge is 0.234 e. The minimum atomic E-state index is 1.22. The third kappa shape index (κ3) is 21.6. The van der Waals surface area contributed by atoms with Gasteiger partial charge in [-0.05, 0) is 32.1 Å². The summed E-state index contributed by atoms with van der Waals surface area (Å²) < 4.78 is 5.24. The quantitative estimate of drug-likeness (QED) is 0.0648. The summed E-state index contributed by atoms with van der Waals surface area (Å²) in [5.74, 6) is 1.62. The van der Waals surface area contributed by atoms with Crippen molar-refractivity contribution in [2.45, 2.75) is 220 Å². The lowest BCUT2D eigenvalue weighted by Gasteiger charge is -2.07. The fourth-order valence-electron chi connectivity index (χ4n) is 6.15. The van der Waals surface area contributed by atoms with Gasteiger partial charge in [-0.3, -0.25) is 0 Å². The summed E-state index contributed by atoms with van der Waals surface area (Å²) in [4.78, 5) is 0. The van der Waals surface area contributed by atoms with Gasteiger partial charge in [0, 0.05) is 6.42 Å². The molecule has 1 rings (SSSR count). The van der Waals surface area contributed by atoms with Crippen molar-refractivity contribution in [1.82, 2.24) is 4.57 Å². The number of hydrogen-bond acceptors (Lipinski definition) is 0. The molecule has 0 aromatic carbocycles. The van der Waals surface area contributed by atoms with Crippen LogP contribution >= 0.6 is 0 Å². The van der Waals surface area contributed by atoms with Crippen molar-refractivity contribution in [3.63, 3.8) is 0 Å². The first-order valence-electron chi connectivity index (χ1n) is 18.4. The second kappa shape index (κ2) is 28.7. The molecule has 0 saturated carbocycles. The Labute approximate surface area is 247 Å². The van der Waals surface area contributed by atoms with Crippen LogP contribution in [0.4, 0.5) is 0 Å². The van der Waals surface area contributed by atoms with Crippen molar-refractivity contribution in [2.24, 2.45) is 0 Å². The largest absolute Gasteiger partial charge is 0.256 e. The van der Waals surface area contributed by atoms with Crippen LogP contribution in [0.5, 0.6) is 0 Å². The van der Waals surface area contributed by atoms with E-state index in [0.29, 0.717) is 0 Å².